The van der Waals surface area contributed by atoms with E-state index in [9.17, 15) is 9.59 Å². The molecular formula is C29H35N3O4. The molecule has 0 fully saturated rings. The lowest BCUT2D eigenvalue weighted by atomic mass is 9.93. The lowest BCUT2D eigenvalue weighted by Gasteiger charge is -2.41. The van der Waals surface area contributed by atoms with E-state index in [0.717, 1.165) is 22.6 Å². The standard InChI is InChI=1S/C29H35N3O4/c1-19(2)31(28(34)29(3,4)5)18-26(33)32-23-12-9-8-11-22(23)30-16-10-13-24(30)27(32)21-17-20(35-6)14-15-25(21)36-7/h8-17,19,27H,18H2,1-7H3. The van der Waals surface area contributed by atoms with Crippen LogP contribution in [0.1, 0.15) is 51.9 Å². The Morgan fingerprint density at radius 3 is 2.28 bits per heavy atom. The molecule has 1 unspecified atom stereocenters. The predicted molar refractivity (Wildman–Crippen MR) is 141 cm³/mol. The zero-order chi connectivity index (χ0) is 26.2. The molecule has 0 radical (unpaired) electrons. The van der Waals surface area contributed by atoms with Gasteiger partial charge in [-0.05, 0) is 56.3 Å². The number of hydrogen-bond acceptors (Lipinski definition) is 4. The lowest BCUT2D eigenvalue weighted by molar-refractivity contribution is -0.144. The average molecular weight is 490 g/mol. The van der Waals surface area contributed by atoms with Crippen molar-refractivity contribution in [1.29, 1.82) is 0 Å². The summed E-state index contributed by atoms with van der Waals surface area (Å²) in [6.45, 7) is 9.47. The van der Waals surface area contributed by atoms with E-state index in [0.29, 0.717) is 11.5 Å². The van der Waals surface area contributed by atoms with Crippen LogP contribution in [0.25, 0.3) is 5.69 Å². The molecule has 0 N–H and O–H groups in total. The number of benzene rings is 2. The highest BCUT2D eigenvalue weighted by molar-refractivity contribution is 6.01. The first-order chi connectivity index (χ1) is 17.1. The molecule has 0 bridgehead atoms. The second-order valence-electron chi connectivity index (χ2n) is 10.3. The maximum atomic E-state index is 14.2. The molecule has 1 aliphatic rings. The molecule has 1 atom stereocenters. The van der Waals surface area contributed by atoms with Crippen molar-refractivity contribution in [3.63, 3.8) is 0 Å². The highest BCUT2D eigenvalue weighted by Crippen LogP contribution is 2.45. The molecule has 2 aromatic carbocycles. The number of carbonyl (C=O) groups is 2. The van der Waals surface area contributed by atoms with E-state index in [2.05, 4.69) is 4.57 Å². The Labute approximate surface area is 213 Å². The van der Waals surface area contributed by atoms with Gasteiger partial charge in [0.2, 0.25) is 11.8 Å². The summed E-state index contributed by atoms with van der Waals surface area (Å²) in [5, 5.41) is 0. The molecule has 7 heteroatoms. The minimum Gasteiger partial charge on any atom is -0.497 e. The summed E-state index contributed by atoms with van der Waals surface area (Å²) >= 11 is 0. The van der Waals surface area contributed by atoms with E-state index in [1.54, 1.807) is 24.0 Å². The van der Waals surface area contributed by atoms with Crippen LogP contribution in [-0.4, -0.2) is 48.1 Å². The van der Waals surface area contributed by atoms with Crippen LogP contribution in [0.3, 0.4) is 0 Å². The molecular weight excluding hydrogens is 454 g/mol. The topological polar surface area (TPSA) is 64.0 Å². The number of aromatic nitrogens is 1. The quantitative estimate of drug-likeness (QED) is 0.477. The Kier molecular flexibility index (Phi) is 6.85. The number of carbonyl (C=O) groups excluding carboxylic acids is 2. The van der Waals surface area contributed by atoms with Crippen LogP contribution in [0.5, 0.6) is 11.5 Å². The van der Waals surface area contributed by atoms with Crippen molar-refractivity contribution in [3.05, 3.63) is 72.1 Å². The molecule has 1 aromatic heterocycles. The molecule has 2 amide bonds. The molecule has 0 spiro atoms. The van der Waals surface area contributed by atoms with Gasteiger partial charge >= 0.3 is 0 Å². The number of nitrogens with zero attached hydrogens (tertiary/aromatic N) is 3. The van der Waals surface area contributed by atoms with E-state index in [-0.39, 0.29) is 24.4 Å². The number of amides is 2. The first-order valence-corrected chi connectivity index (χ1v) is 12.2. The minimum absolute atomic E-state index is 0.0361. The van der Waals surface area contributed by atoms with Gasteiger partial charge in [0.25, 0.3) is 0 Å². The average Bonchev–Trinajstić information content (AvgIpc) is 3.34. The van der Waals surface area contributed by atoms with E-state index in [1.165, 1.54) is 0 Å². The smallest absolute Gasteiger partial charge is 0.247 e. The van der Waals surface area contributed by atoms with Gasteiger partial charge in [0, 0.05) is 23.2 Å². The Morgan fingerprint density at radius 2 is 1.67 bits per heavy atom. The van der Waals surface area contributed by atoms with Gasteiger partial charge in [-0.2, -0.15) is 0 Å². The molecule has 1 aliphatic heterocycles. The van der Waals surface area contributed by atoms with Gasteiger partial charge in [0.05, 0.1) is 31.3 Å². The van der Waals surface area contributed by atoms with Crippen LogP contribution < -0.4 is 14.4 Å². The Morgan fingerprint density at radius 1 is 0.972 bits per heavy atom. The summed E-state index contributed by atoms with van der Waals surface area (Å²) in [5.41, 5.74) is 2.80. The number of fused-ring (bicyclic) bond motifs is 3. The van der Waals surface area contributed by atoms with Crippen molar-refractivity contribution >= 4 is 17.5 Å². The maximum absolute atomic E-state index is 14.2. The van der Waals surface area contributed by atoms with Gasteiger partial charge in [0.15, 0.2) is 0 Å². The number of para-hydroxylation sites is 2. The summed E-state index contributed by atoms with van der Waals surface area (Å²) in [4.78, 5) is 31.0. The van der Waals surface area contributed by atoms with E-state index in [4.69, 9.17) is 9.47 Å². The summed E-state index contributed by atoms with van der Waals surface area (Å²) < 4.78 is 13.4. The monoisotopic (exact) mass is 489 g/mol. The van der Waals surface area contributed by atoms with Gasteiger partial charge in [-0.1, -0.05) is 32.9 Å². The van der Waals surface area contributed by atoms with Crippen LogP contribution in [0.2, 0.25) is 0 Å². The SMILES string of the molecule is COc1ccc(OC)c(C2c3cccn3-c3ccccc3N2C(=O)CN(C(=O)C(C)(C)C)C(C)C)c1. The van der Waals surface area contributed by atoms with Crippen molar-refractivity contribution in [2.45, 2.75) is 46.7 Å². The van der Waals surface area contributed by atoms with E-state index in [1.807, 2.05) is 95.4 Å². The number of anilines is 1. The normalized spacial score (nSPS) is 14.8. The molecule has 2 heterocycles. The van der Waals surface area contributed by atoms with Crippen molar-refractivity contribution in [1.82, 2.24) is 9.47 Å². The van der Waals surface area contributed by atoms with Crippen molar-refractivity contribution in [3.8, 4) is 17.2 Å². The van der Waals surface area contributed by atoms with Crippen LogP contribution in [-0.2, 0) is 9.59 Å². The highest BCUT2D eigenvalue weighted by atomic mass is 16.5. The predicted octanol–water partition coefficient (Wildman–Crippen LogP) is 5.21. The third-order valence-corrected chi connectivity index (χ3v) is 6.55. The van der Waals surface area contributed by atoms with Gasteiger partial charge < -0.3 is 18.9 Å². The number of methoxy groups -OCH3 is 2. The molecule has 7 nitrogen and oxygen atoms in total. The fraction of sp³-hybridized carbons (Fsp3) is 0.379. The fourth-order valence-electron chi connectivity index (χ4n) is 4.75. The summed E-state index contributed by atoms with van der Waals surface area (Å²) in [5.74, 6) is 1.09. The van der Waals surface area contributed by atoms with Gasteiger partial charge in [-0.3, -0.25) is 14.5 Å². The molecule has 190 valence electrons. The van der Waals surface area contributed by atoms with E-state index < -0.39 is 11.5 Å². The zero-order valence-corrected chi connectivity index (χ0v) is 22.1. The zero-order valence-electron chi connectivity index (χ0n) is 22.1. The lowest BCUT2D eigenvalue weighted by Crippen LogP contribution is -2.51. The second kappa shape index (κ2) is 9.72. The van der Waals surface area contributed by atoms with Crippen molar-refractivity contribution in [2.75, 3.05) is 25.7 Å². The largest absolute Gasteiger partial charge is 0.497 e. The van der Waals surface area contributed by atoms with Crippen LogP contribution in [0.15, 0.2) is 60.8 Å². The molecule has 0 aliphatic carbocycles. The van der Waals surface area contributed by atoms with Crippen molar-refractivity contribution in [2.24, 2.45) is 5.41 Å². The molecule has 0 saturated heterocycles. The second-order valence-corrected chi connectivity index (χ2v) is 10.3. The Balaban J connectivity index is 1.89. The van der Waals surface area contributed by atoms with Gasteiger partial charge in [-0.25, -0.2) is 0 Å². The first kappa shape index (κ1) is 25.4. The first-order valence-electron chi connectivity index (χ1n) is 12.2. The fourth-order valence-corrected chi connectivity index (χ4v) is 4.75. The maximum Gasteiger partial charge on any atom is 0.247 e. The van der Waals surface area contributed by atoms with Gasteiger partial charge in [-0.15, -0.1) is 0 Å². The number of rotatable bonds is 6. The van der Waals surface area contributed by atoms with Crippen LogP contribution in [0, 0.1) is 5.41 Å². The van der Waals surface area contributed by atoms with E-state index >= 15 is 0 Å². The summed E-state index contributed by atoms with van der Waals surface area (Å²) in [6.07, 6.45) is 2.00. The van der Waals surface area contributed by atoms with Crippen LogP contribution >= 0.6 is 0 Å². The number of hydrogen-bond donors (Lipinski definition) is 0. The third kappa shape index (κ3) is 4.45. The molecule has 36 heavy (non-hydrogen) atoms. The summed E-state index contributed by atoms with van der Waals surface area (Å²) in [7, 11) is 3.24. The minimum atomic E-state index is -0.603. The third-order valence-electron chi connectivity index (χ3n) is 6.55. The van der Waals surface area contributed by atoms with Gasteiger partial charge in [0.1, 0.15) is 24.1 Å². The number of ether oxygens (including phenoxy) is 2. The molecule has 4 rings (SSSR count). The summed E-state index contributed by atoms with van der Waals surface area (Å²) in [6, 6.07) is 16.8. The van der Waals surface area contributed by atoms with Crippen LogP contribution in [0.4, 0.5) is 5.69 Å². The van der Waals surface area contributed by atoms with Crippen molar-refractivity contribution < 1.29 is 19.1 Å². The Bertz CT molecular complexity index is 1270. The highest BCUT2D eigenvalue weighted by Gasteiger charge is 2.39. The molecule has 3 aromatic rings. The Hall–Kier alpha value is -3.74. The molecule has 0 saturated carbocycles.